The summed E-state index contributed by atoms with van der Waals surface area (Å²) in [7, 11) is 0. The van der Waals surface area contributed by atoms with Gasteiger partial charge in [0.05, 0.1) is 23.5 Å². The Morgan fingerprint density at radius 1 is 1.57 bits per heavy atom. The minimum atomic E-state index is -0.351. The number of imidazole rings is 1. The predicted molar refractivity (Wildman–Crippen MR) is 59.1 cm³/mol. The van der Waals surface area contributed by atoms with Gasteiger partial charge in [0.1, 0.15) is 0 Å². The van der Waals surface area contributed by atoms with Crippen LogP contribution in [0.4, 0.5) is 0 Å². The third-order valence-corrected chi connectivity index (χ3v) is 2.54. The van der Waals surface area contributed by atoms with Gasteiger partial charge in [0.2, 0.25) is 0 Å². The summed E-state index contributed by atoms with van der Waals surface area (Å²) in [6, 6.07) is 5.94. The Hall–Kier alpha value is -0.870. The number of nitrogens with zero attached hydrogens (tertiary/aromatic N) is 2. The van der Waals surface area contributed by atoms with Crippen molar-refractivity contribution in [2.24, 2.45) is 0 Å². The van der Waals surface area contributed by atoms with E-state index in [2.05, 4.69) is 20.9 Å². The van der Waals surface area contributed by atoms with Gasteiger partial charge in [0.25, 0.3) is 0 Å². The first-order valence-corrected chi connectivity index (χ1v) is 5.24. The topological polar surface area (TPSA) is 38.0 Å². The highest BCUT2D eigenvalue weighted by molar-refractivity contribution is 9.10. The van der Waals surface area contributed by atoms with Crippen LogP contribution in [-0.4, -0.2) is 20.8 Å². The lowest BCUT2D eigenvalue weighted by Crippen LogP contribution is -2.10. The normalized spacial score (nSPS) is 13.4. The maximum atomic E-state index is 9.28. The van der Waals surface area contributed by atoms with E-state index in [-0.39, 0.29) is 6.10 Å². The van der Waals surface area contributed by atoms with E-state index in [0.29, 0.717) is 6.54 Å². The molecule has 0 spiro atoms. The fraction of sp³-hybridized carbons (Fsp3) is 0.300. The van der Waals surface area contributed by atoms with Crippen LogP contribution in [0.5, 0.6) is 0 Å². The smallest absolute Gasteiger partial charge is 0.0959 e. The van der Waals surface area contributed by atoms with Gasteiger partial charge in [-0.1, -0.05) is 15.9 Å². The molecule has 1 heterocycles. The molecule has 1 atom stereocenters. The van der Waals surface area contributed by atoms with E-state index in [1.165, 1.54) is 0 Å². The van der Waals surface area contributed by atoms with E-state index >= 15 is 0 Å². The molecule has 0 bridgehead atoms. The van der Waals surface area contributed by atoms with Crippen LogP contribution in [-0.2, 0) is 6.54 Å². The van der Waals surface area contributed by atoms with Gasteiger partial charge in [-0.3, -0.25) is 0 Å². The summed E-state index contributed by atoms with van der Waals surface area (Å²) in [6.07, 6.45) is 1.40. The Morgan fingerprint density at radius 3 is 3.07 bits per heavy atom. The van der Waals surface area contributed by atoms with E-state index in [4.69, 9.17) is 0 Å². The van der Waals surface area contributed by atoms with Crippen molar-refractivity contribution in [1.29, 1.82) is 0 Å². The minimum Gasteiger partial charge on any atom is -0.392 e. The maximum Gasteiger partial charge on any atom is 0.0959 e. The Morgan fingerprint density at radius 2 is 2.36 bits per heavy atom. The average Bonchev–Trinajstić information content (AvgIpc) is 2.47. The van der Waals surface area contributed by atoms with Crippen molar-refractivity contribution >= 4 is 27.0 Å². The van der Waals surface area contributed by atoms with E-state index in [1.54, 1.807) is 13.3 Å². The van der Waals surface area contributed by atoms with Gasteiger partial charge in [-0.25, -0.2) is 4.98 Å². The number of benzene rings is 1. The van der Waals surface area contributed by atoms with E-state index in [9.17, 15) is 5.11 Å². The quantitative estimate of drug-likeness (QED) is 0.893. The lowest BCUT2D eigenvalue weighted by Gasteiger charge is -2.05. The van der Waals surface area contributed by atoms with Gasteiger partial charge in [-0.2, -0.15) is 0 Å². The summed E-state index contributed by atoms with van der Waals surface area (Å²) in [5.41, 5.74) is 1.99. The second-order valence-corrected chi connectivity index (χ2v) is 4.29. The lowest BCUT2D eigenvalue weighted by atomic mass is 10.3. The van der Waals surface area contributed by atoms with Gasteiger partial charge in [0.15, 0.2) is 0 Å². The molecule has 1 aromatic heterocycles. The Bertz CT molecular complexity index is 450. The molecule has 0 aliphatic rings. The zero-order valence-electron chi connectivity index (χ0n) is 7.81. The van der Waals surface area contributed by atoms with Crippen molar-refractivity contribution in [2.75, 3.05) is 0 Å². The summed E-state index contributed by atoms with van der Waals surface area (Å²) in [6.45, 7) is 2.35. The van der Waals surface area contributed by atoms with Gasteiger partial charge in [-0.05, 0) is 25.1 Å². The molecule has 0 saturated heterocycles. The fourth-order valence-corrected chi connectivity index (χ4v) is 1.82. The first kappa shape index (κ1) is 9.68. The Labute approximate surface area is 90.5 Å². The SMILES string of the molecule is CC(O)Cn1cnc2cc(Br)ccc21. The van der Waals surface area contributed by atoms with Crippen molar-refractivity contribution in [3.8, 4) is 0 Å². The highest BCUT2D eigenvalue weighted by Gasteiger charge is 2.04. The van der Waals surface area contributed by atoms with Crippen molar-refractivity contribution in [3.05, 3.63) is 29.0 Å². The minimum absolute atomic E-state index is 0.351. The zero-order chi connectivity index (χ0) is 10.1. The van der Waals surface area contributed by atoms with Gasteiger partial charge in [0, 0.05) is 11.0 Å². The van der Waals surface area contributed by atoms with Crippen LogP contribution in [0.2, 0.25) is 0 Å². The highest BCUT2D eigenvalue weighted by atomic mass is 79.9. The number of halogens is 1. The first-order valence-electron chi connectivity index (χ1n) is 4.45. The maximum absolute atomic E-state index is 9.28. The fourth-order valence-electron chi connectivity index (χ4n) is 1.47. The molecule has 0 saturated carbocycles. The molecule has 0 aliphatic heterocycles. The second-order valence-electron chi connectivity index (χ2n) is 3.38. The van der Waals surface area contributed by atoms with Crippen LogP contribution in [0, 0.1) is 0 Å². The summed E-state index contributed by atoms with van der Waals surface area (Å²) in [5.74, 6) is 0. The number of aromatic nitrogens is 2. The van der Waals surface area contributed by atoms with E-state index in [0.717, 1.165) is 15.5 Å². The molecular weight excluding hydrogens is 244 g/mol. The molecule has 1 unspecified atom stereocenters. The van der Waals surface area contributed by atoms with Crippen molar-refractivity contribution in [2.45, 2.75) is 19.6 Å². The zero-order valence-corrected chi connectivity index (χ0v) is 9.40. The van der Waals surface area contributed by atoms with Crippen molar-refractivity contribution in [1.82, 2.24) is 9.55 Å². The molecule has 4 heteroatoms. The van der Waals surface area contributed by atoms with E-state index < -0.39 is 0 Å². The third-order valence-electron chi connectivity index (χ3n) is 2.04. The van der Waals surface area contributed by atoms with Crippen LogP contribution < -0.4 is 0 Å². The molecule has 0 radical (unpaired) electrons. The summed E-state index contributed by atoms with van der Waals surface area (Å²) in [5, 5.41) is 9.28. The third kappa shape index (κ3) is 1.81. The van der Waals surface area contributed by atoms with Crippen LogP contribution in [0.3, 0.4) is 0 Å². The van der Waals surface area contributed by atoms with Gasteiger partial charge >= 0.3 is 0 Å². The molecule has 1 N–H and O–H groups in total. The standard InChI is InChI=1S/C10H11BrN2O/c1-7(14)5-13-6-12-9-4-8(11)2-3-10(9)13/h2-4,6-7,14H,5H2,1H3. The molecule has 2 rings (SSSR count). The molecule has 74 valence electrons. The average molecular weight is 255 g/mol. The van der Waals surface area contributed by atoms with Crippen LogP contribution in [0.25, 0.3) is 11.0 Å². The molecule has 0 amide bonds. The van der Waals surface area contributed by atoms with Gasteiger partial charge in [-0.15, -0.1) is 0 Å². The first-order chi connectivity index (χ1) is 6.66. The molecule has 3 nitrogen and oxygen atoms in total. The number of hydrogen-bond acceptors (Lipinski definition) is 2. The Kier molecular flexibility index (Phi) is 2.56. The summed E-state index contributed by atoms with van der Waals surface area (Å²) < 4.78 is 2.97. The highest BCUT2D eigenvalue weighted by Crippen LogP contribution is 2.18. The number of rotatable bonds is 2. The molecular formula is C10H11BrN2O. The summed E-state index contributed by atoms with van der Waals surface area (Å²) >= 11 is 3.39. The molecule has 2 aromatic rings. The predicted octanol–water partition coefficient (Wildman–Crippen LogP) is 2.18. The lowest BCUT2D eigenvalue weighted by molar-refractivity contribution is 0.175. The van der Waals surface area contributed by atoms with Crippen molar-refractivity contribution in [3.63, 3.8) is 0 Å². The number of fused-ring (bicyclic) bond motifs is 1. The summed E-state index contributed by atoms with van der Waals surface area (Å²) in [4.78, 5) is 4.25. The molecule has 14 heavy (non-hydrogen) atoms. The van der Waals surface area contributed by atoms with Crippen LogP contribution in [0.1, 0.15) is 6.92 Å². The second kappa shape index (κ2) is 3.71. The molecule has 0 aliphatic carbocycles. The largest absolute Gasteiger partial charge is 0.392 e. The van der Waals surface area contributed by atoms with E-state index in [1.807, 2.05) is 22.8 Å². The Balaban J connectivity index is 2.47. The van der Waals surface area contributed by atoms with Crippen LogP contribution in [0.15, 0.2) is 29.0 Å². The molecule has 0 fully saturated rings. The van der Waals surface area contributed by atoms with Crippen LogP contribution >= 0.6 is 15.9 Å². The number of aliphatic hydroxyl groups excluding tert-OH is 1. The number of hydrogen-bond donors (Lipinski definition) is 1. The van der Waals surface area contributed by atoms with Gasteiger partial charge < -0.3 is 9.67 Å². The number of aliphatic hydroxyl groups is 1. The van der Waals surface area contributed by atoms with Crippen molar-refractivity contribution < 1.29 is 5.11 Å². The monoisotopic (exact) mass is 254 g/mol. The molecule has 1 aromatic carbocycles.